The molecule has 1 heterocycles. The highest BCUT2D eigenvalue weighted by atomic mass is 127. The number of rotatable bonds is 2. The molecular weight excluding hydrogens is 393 g/mol. The molecule has 1 unspecified atom stereocenters. The van der Waals surface area contributed by atoms with E-state index >= 15 is 0 Å². The van der Waals surface area contributed by atoms with E-state index in [1.165, 1.54) is 12.8 Å². The molecule has 4 nitrogen and oxygen atoms in total. The van der Waals surface area contributed by atoms with Crippen LogP contribution in [-0.2, 0) is 6.42 Å². The van der Waals surface area contributed by atoms with Crippen molar-refractivity contribution < 1.29 is 15.0 Å². The number of carbonyl (C=O) groups is 1. The number of aromatic nitrogens is 1. The minimum atomic E-state index is -0.947. The average Bonchev–Trinajstić information content (AvgIpc) is 2.84. The van der Waals surface area contributed by atoms with Crippen molar-refractivity contribution in [3.63, 3.8) is 0 Å². The fraction of sp³-hybridized carbons (Fsp3) is 0.647. The van der Waals surface area contributed by atoms with Gasteiger partial charge in [-0.2, -0.15) is 0 Å². The van der Waals surface area contributed by atoms with Crippen LogP contribution in [0.25, 0.3) is 0 Å². The molecule has 0 amide bonds. The van der Waals surface area contributed by atoms with Gasteiger partial charge in [-0.3, -0.25) is 4.98 Å². The van der Waals surface area contributed by atoms with E-state index in [9.17, 15) is 15.0 Å². The molecule has 22 heavy (non-hydrogen) atoms. The maximum Gasteiger partial charge on any atom is 0.338 e. The van der Waals surface area contributed by atoms with Gasteiger partial charge in [0.15, 0.2) is 0 Å². The van der Waals surface area contributed by atoms with Crippen LogP contribution in [0, 0.1) is 8.99 Å². The van der Waals surface area contributed by atoms with E-state index in [-0.39, 0.29) is 16.9 Å². The summed E-state index contributed by atoms with van der Waals surface area (Å²) in [5.41, 5.74) is 2.80. The molecule has 0 aromatic carbocycles. The monoisotopic (exact) mass is 415 g/mol. The lowest BCUT2D eigenvalue weighted by Gasteiger charge is -2.38. The van der Waals surface area contributed by atoms with Gasteiger partial charge in [0.1, 0.15) is 0 Å². The molecule has 1 aromatic rings. The van der Waals surface area contributed by atoms with Crippen molar-refractivity contribution in [3.8, 4) is 0 Å². The second-order valence-corrected chi connectivity index (χ2v) is 8.19. The van der Waals surface area contributed by atoms with E-state index in [1.54, 1.807) is 0 Å². The van der Waals surface area contributed by atoms with Crippen molar-refractivity contribution >= 4 is 28.6 Å². The van der Waals surface area contributed by atoms with Gasteiger partial charge < -0.3 is 10.2 Å². The summed E-state index contributed by atoms with van der Waals surface area (Å²) in [5.74, 6) is -0.889. The number of hydrogen-bond donors (Lipinski definition) is 2. The van der Waals surface area contributed by atoms with Crippen LogP contribution in [0.4, 0.5) is 0 Å². The molecule has 0 radical (unpaired) electrons. The van der Waals surface area contributed by atoms with Gasteiger partial charge in [-0.25, -0.2) is 4.79 Å². The van der Waals surface area contributed by atoms with Gasteiger partial charge >= 0.3 is 5.97 Å². The van der Waals surface area contributed by atoms with Crippen LogP contribution in [0.3, 0.4) is 0 Å². The number of carboxylic acids is 1. The molecule has 1 aromatic heterocycles. The first-order valence-corrected chi connectivity index (χ1v) is 9.06. The Morgan fingerprint density at radius 2 is 2.00 bits per heavy atom. The number of carboxylic acid groups (broad SMARTS) is 1. The van der Waals surface area contributed by atoms with E-state index in [0.29, 0.717) is 9.26 Å². The Bertz CT molecular complexity index is 621. The number of aliphatic hydroxyl groups is 1. The van der Waals surface area contributed by atoms with Crippen LogP contribution < -0.4 is 0 Å². The zero-order valence-electron chi connectivity index (χ0n) is 13.0. The fourth-order valence-electron chi connectivity index (χ4n) is 4.18. The second-order valence-electron chi connectivity index (χ2n) is 7.11. The molecular formula is C17H22INO3. The van der Waals surface area contributed by atoms with E-state index in [4.69, 9.17) is 4.98 Å². The summed E-state index contributed by atoms with van der Waals surface area (Å²) in [6, 6.07) is 0. The fourth-order valence-corrected chi connectivity index (χ4v) is 5.35. The third-order valence-corrected chi connectivity index (χ3v) is 6.33. The lowest BCUT2D eigenvalue weighted by Crippen LogP contribution is -2.31. The van der Waals surface area contributed by atoms with Crippen LogP contribution >= 0.6 is 22.6 Å². The molecule has 1 atom stereocenters. The van der Waals surface area contributed by atoms with Crippen LogP contribution in [0.1, 0.15) is 85.3 Å². The Labute approximate surface area is 144 Å². The summed E-state index contributed by atoms with van der Waals surface area (Å²) in [5, 5.41) is 20.2. The zero-order valence-corrected chi connectivity index (χ0v) is 15.2. The van der Waals surface area contributed by atoms with Gasteiger partial charge in [0.25, 0.3) is 0 Å². The zero-order chi connectivity index (χ0) is 16.1. The Morgan fingerprint density at radius 1 is 1.36 bits per heavy atom. The predicted molar refractivity (Wildman–Crippen MR) is 92.2 cm³/mol. The number of nitrogens with zero attached hydrogens (tertiary/aromatic N) is 1. The lowest BCUT2D eigenvalue weighted by molar-refractivity contribution is 0.0687. The Kier molecular flexibility index (Phi) is 4.22. The third kappa shape index (κ3) is 2.56. The normalized spacial score (nSPS) is 23.0. The van der Waals surface area contributed by atoms with E-state index in [1.807, 2.05) is 13.8 Å². The molecule has 2 aliphatic rings. The quantitative estimate of drug-likeness (QED) is 0.716. The highest BCUT2D eigenvalue weighted by Crippen LogP contribution is 2.52. The second kappa shape index (κ2) is 5.74. The van der Waals surface area contributed by atoms with E-state index in [0.717, 1.165) is 36.9 Å². The summed E-state index contributed by atoms with van der Waals surface area (Å²) >= 11 is 2.08. The summed E-state index contributed by atoms with van der Waals surface area (Å²) in [7, 11) is 0. The maximum atomic E-state index is 11.7. The first-order valence-electron chi connectivity index (χ1n) is 7.98. The molecule has 1 spiro atoms. The van der Waals surface area contributed by atoms with Crippen LogP contribution in [-0.4, -0.2) is 21.2 Å². The molecule has 5 heteroatoms. The van der Waals surface area contributed by atoms with Gasteiger partial charge in [-0.15, -0.1) is 0 Å². The molecule has 2 aliphatic carbocycles. The lowest BCUT2D eigenvalue weighted by atomic mass is 9.70. The van der Waals surface area contributed by atoms with Crippen LogP contribution in [0.5, 0.6) is 0 Å². The minimum absolute atomic E-state index is 0.0588. The largest absolute Gasteiger partial charge is 0.478 e. The summed E-state index contributed by atoms with van der Waals surface area (Å²) in [4.78, 5) is 16.4. The summed E-state index contributed by atoms with van der Waals surface area (Å²) in [6.45, 7) is 3.95. The summed E-state index contributed by atoms with van der Waals surface area (Å²) in [6.07, 6.45) is 5.80. The molecule has 2 N–H and O–H groups in total. The standard InChI is InChI=1S/C17H22INO3/c1-9(2)15-13(16(21)22)14(18)12-10(19-15)7-17(8-11(12)20)5-3-4-6-17/h9,11,20H,3-8H2,1-2H3,(H,21,22). The molecule has 120 valence electrons. The number of pyridine rings is 1. The van der Waals surface area contributed by atoms with Crippen molar-refractivity contribution in [2.24, 2.45) is 5.41 Å². The first kappa shape index (κ1) is 16.2. The van der Waals surface area contributed by atoms with Crippen molar-refractivity contribution in [2.45, 2.75) is 64.4 Å². The Balaban J connectivity index is 2.16. The van der Waals surface area contributed by atoms with Gasteiger partial charge in [0.2, 0.25) is 0 Å². The van der Waals surface area contributed by atoms with Crippen LogP contribution in [0.15, 0.2) is 0 Å². The van der Waals surface area contributed by atoms with Crippen molar-refractivity contribution in [1.82, 2.24) is 4.98 Å². The Hall–Kier alpha value is -0.690. The van der Waals surface area contributed by atoms with E-state index < -0.39 is 12.1 Å². The number of hydrogen-bond acceptors (Lipinski definition) is 3. The number of halogens is 1. The molecule has 1 saturated carbocycles. The molecule has 1 fully saturated rings. The molecule has 0 saturated heterocycles. The SMILES string of the molecule is CC(C)c1nc2c(c(I)c1C(=O)O)C(O)CC1(CCCC1)C2. The molecule has 3 rings (SSSR count). The van der Waals surface area contributed by atoms with Crippen LogP contribution in [0.2, 0.25) is 0 Å². The maximum absolute atomic E-state index is 11.7. The molecule has 0 aliphatic heterocycles. The minimum Gasteiger partial charge on any atom is -0.478 e. The highest BCUT2D eigenvalue weighted by molar-refractivity contribution is 14.1. The smallest absolute Gasteiger partial charge is 0.338 e. The van der Waals surface area contributed by atoms with Gasteiger partial charge in [0.05, 0.1) is 17.4 Å². The van der Waals surface area contributed by atoms with E-state index in [2.05, 4.69) is 22.6 Å². The van der Waals surface area contributed by atoms with Gasteiger partial charge in [-0.1, -0.05) is 26.7 Å². The van der Waals surface area contributed by atoms with Gasteiger partial charge in [-0.05, 0) is 59.6 Å². The highest BCUT2D eigenvalue weighted by Gasteiger charge is 2.43. The van der Waals surface area contributed by atoms with Crippen molar-refractivity contribution in [2.75, 3.05) is 0 Å². The topological polar surface area (TPSA) is 70.4 Å². The first-order chi connectivity index (χ1) is 10.3. The van der Waals surface area contributed by atoms with Crippen molar-refractivity contribution in [3.05, 3.63) is 26.1 Å². The summed E-state index contributed by atoms with van der Waals surface area (Å²) < 4.78 is 0.680. The number of aliphatic hydroxyl groups excluding tert-OH is 1. The number of fused-ring (bicyclic) bond motifs is 1. The average molecular weight is 415 g/mol. The third-order valence-electron chi connectivity index (χ3n) is 5.21. The Morgan fingerprint density at radius 3 is 2.55 bits per heavy atom. The molecule has 0 bridgehead atoms. The van der Waals surface area contributed by atoms with Crippen molar-refractivity contribution in [1.29, 1.82) is 0 Å². The predicted octanol–water partition coefficient (Wildman–Crippen LogP) is 4.05. The number of aromatic carboxylic acids is 1. The van der Waals surface area contributed by atoms with Gasteiger partial charge in [0, 0.05) is 14.8 Å².